The van der Waals surface area contributed by atoms with Crippen LogP contribution < -0.4 is 5.32 Å². The number of nitrogens with one attached hydrogen (secondary N) is 1. The third-order valence-electron chi connectivity index (χ3n) is 4.85. The fourth-order valence-electron chi connectivity index (χ4n) is 3.61. The largest absolute Gasteiger partial charge is 0.324 e. The first-order chi connectivity index (χ1) is 13.5. The molecular formula is C23H19FN2O2. The van der Waals surface area contributed by atoms with Gasteiger partial charge in [-0.1, -0.05) is 48.0 Å². The summed E-state index contributed by atoms with van der Waals surface area (Å²) in [6.07, 6.45) is 0. The molecule has 0 fully saturated rings. The lowest BCUT2D eigenvalue weighted by Gasteiger charge is -2.30. The number of halogens is 1. The van der Waals surface area contributed by atoms with Crippen molar-refractivity contribution in [2.75, 3.05) is 11.9 Å². The second kappa shape index (κ2) is 7.27. The Bertz CT molecular complexity index is 1050. The number of nitrogens with zero attached hydrogens (tertiary/aromatic N) is 1. The summed E-state index contributed by atoms with van der Waals surface area (Å²) >= 11 is 0. The Kier molecular flexibility index (Phi) is 4.65. The zero-order valence-corrected chi connectivity index (χ0v) is 15.4. The van der Waals surface area contributed by atoms with Gasteiger partial charge < -0.3 is 10.2 Å². The molecule has 0 radical (unpaired) electrons. The molecule has 4 rings (SSSR count). The molecule has 0 spiro atoms. The lowest BCUT2D eigenvalue weighted by molar-refractivity contribution is -0.117. The summed E-state index contributed by atoms with van der Waals surface area (Å²) in [7, 11) is 0. The minimum absolute atomic E-state index is 0.122. The van der Waals surface area contributed by atoms with E-state index in [0.717, 1.165) is 11.1 Å². The number of hydrogen-bond donors (Lipinski definition) is 1. The first kappa shape index (κ1) is 17.9. The topological polar surface area (TPSA) is 49.4 Å². The maximum absolute atomic E-state index is 14.1. The number of rotatable bonds is 2. The van der Waals surface area contributed by atoms with E-state index < -0.39 is 11.9 Å². The standard InChI is InChI=1S/C23H19FN2O2/c1-15-6-5-9-17(12-15)23(28)26-14-21(27)25-20-11-10-18(24)13-19(20)22(26)16-7-3-2-4-8-16/h2-13,22H,14H2,1H3,(H,25,27)/t22-/m0/s1. The summed E-state index contributed by atoms with van der Waals surface area (Å²) < 4.78 is 14.1. The van der Waals surface area contributed by atoms with Gasteiger partial charge in [0.15, 0.2) is 0 Å². The minimum atomic E-state index is -0.584. The predicted octanol–water partition coefficient (Wildman–Crippen LogP) is 4.32. The highest BCUT2D eigenvalue weighted by molar-refractivity contribution is 6.01. The van der Waals surface area contributed by atoms with Crippen LogP contribution in [0.5, 0.6) is 0 Å². The SMILES string of the molecule is Cc1cccc(C(=O)N2CC(=O)Nc3ccc(F)cc3[C@@H]2c2ccccc2)c1. The number of anilines is 1. The monoisotopic (exact) mass is 374 g/mol. The highest BCUT2D eigenvalue weighted by Gasteiger charge is 2.34. The smallest absolute Gasteiger partial charge is 0.255 e. The van der Waals surface area contributed by atoms with Gasteiger partial charge in [-0.2, -0.15) is 0 Å². The van der Waals surface area contributed by atoms with Crippen LogP contribution in [0.4, 0.5) is 10.1 Å². The molecule has 1 N–H and O–H groups in total. The molecule has 28 heavy (non-hydrogen) atoms. The minimum Gasteiger partial charge on any atom is -0.324 e. The van der Waals surface area contributed by atoms with Crippen LogP contribution in [0, 0.1) is 12.7 Å². The van der Waals surface area contributed by atoms with Crippen LogP contribution in [0.1, 0.15) is 33.1 Å². The van der Waals surface area contributed by atoms with E-state index in [1.807, 2.05) is 49.4 Å². The van der Waals surface area contributed by atoms with Gasteiger partial charge >= 0.3 is 0 Å². The van der Waals surface area contributed by atoms with Gasteiger partial charge in [-0.25, -0.2) is 4.39 Å². The molecular weight excluding hydrogens is 355 g/mol. The molecule has 0 saturated carbocycles. The Labute approximate surface area is 162 Å². The maximum Gasteiger partial charge on any atom is 0.255 e. The van der Waals surface area contributed by atoms with Crippen molar-refractivity contribution in [2.45, 2.75) is 13.0 Å². The average Bonchev–Trinajstić information content (AvgIpc) is 2.83. The van der Waals surface area contributed by atoms with Crippen molar-refractivity contribution in [3.05, 3.63) is 101 Å². The molecule has 4 nitrogen and oxygen atoms in total. The Hall–Kier alpha value is -3.47. The number of fused-ring (bicyclic) bond motifs is 1. The van der Waals surface area contributed by atoms with Gasteiger partial charge in [0, 0.05) is 16.8 Å². The quantitative estimate of drug-likeness (QED) is 0.726. The van der Waals surface area contributed by atoms with Gasteiger partial charge in [0.05, 0.1) is 6.04 Å². The van der Waals surface area contributed by atoms with Crippen molar-refractivity contribution in [2.24, 2.45) is 0 Å². The summed E-state index contributed by atoms with van der Waals surface area (Å²) in [6, 6.07) is 20.3. The molecule has 2 amide bonds. The predicted molar refractivity (Wildman–Crippen MR) is 106 cm³/mol. The van der Waals surface area contributed by atoms with E-state index in [9.17, 15) is 14.0 Å². The second-order valence-corrected chi connectivity index (χ2v) is 6.90. The number of carbonyl (C=O) groups is 2. The molecule has 3 aromatic carbocycles. The van der Waals surface area contributed by atoms with Crippen LogP contribution in [0.25, 0.3) is 0 Å². The first-order valence-electron chi connectivity index (χ1n) is 9.05. The van der Waals surface area contributed by atoms with E-state index in [0.29, 0.717) is 16.8 Å². The number of amides is 2. The number of hydrogen-bond acceptors (Lipinski definition) is 2. The van der Waals surface area contributed by atoms with E-state index in [4.69, 9.17) is 0 Å². The van der Waals surface area contributed by atoms with E-state index in [1.54, 1.807) is 18.2 Å². The van der Waals surface area contributed by atoms with E-state index in [2.05, 4.69) is 5.32 Å². The lowest BCUT2D eigenvalue weighted by Crippen LogP contribution is -2.39. The molecule has 5 heteroatoms. The van der Waals surface area contributed by atoms with Gasteiger partial charge in [-0.3, -0.25) is 9.59 Å². The fraction of sp³-hybridized carbons (Fsp3) is 0.130. The van der Waals surface area contributed by atoms with Crippen molar-refractivity contribution < 1.29 is 14.0 Å². The highest BCUT2D eigenvalue weighted by atomic mass is 19.1. The van der Waals surface area contributed by atoms with Crippen molar-refractivity contribution in [3.63, 3.8) is 0 Å². The Morgan fingerprint density at radius 3 is 2.57 bits per heavy atom. The maximum atomic E-state index is 14.1. The van der Waals surface area contributed by atoms with Gasteiger partial charge in [-0.15, -0.1) is 0 Å². The normalized spacial score (nSPS) is 16.1. The van der Waals surface area contributed by atoms with Crippen molar-refractivity contribution >= 4 is 17.5 Å². The molecule has 1 heterocycles. The molecule has 1 aliphatic heterocycles. The molecule has 0 aromatic heterocycles. The summed E-state index contributed by atoms with van der Waals surface area (Å²) in [4.78, 5) is 27.4. The fourth-order valence-corrected chi connectivity index (χ4v) is 3.61. The molecule has 0 bridgehead atoms. The molecule has 1 atom stereocenters. The van der Waals surface area contributed by atoms with Gasteiger partial charge in [-0.05, 0) is 42.8 Å². The van der Waals surface area contributed by atoms with Gasteiger partial charge in [0.2, 0.25) is 5.91 Å². The van der Waals surface area contributed by atoms with Crippen LogP contribution in [-0.4, -0.2) is 23.3 Å². The number of aryl methyl sites for hydroxylation is 1. The molecule has 0 aliphatic carbocycles. The lowest BCUT2D eigenvalue weighted by atomic mass is 9.95. The van der Waals surface area contributed by atoms with Gasteiger partial charge in [0.1, 0.15) is 12.4 Å². The highest BCUT2D eigenvalue weighted by Crippen LogP contribution is 2.36. The van der Waals surface area contributed by atoms with Crippen molar-refractivity contribution in [3.8, 4) is 0 Å². The zero-order chi connectivity index (χ0) is 19.7. The summed E-state index contributed by atoms with van der Waals surface area (Å²) in [5.41, 5.74) is 3.33. The third kappa shape index (κ3) is 3.39. The molecule has 0 saturated heterocycles. The number of carbonyl (C=O) groups excluding carboxylic acids is 2. The van der Waals surface area contributed by atoms with Crippen molar-refractivity contribution in [1.29, 1.82) is 0 Å². The Morgan fingerprint density at radius 1 is 1.04 bits per heavy atom. The van der Waals surface area contributed by atoms with Crippen LogP contribution in [0.2, 0.25) is 0 Å². The van der Waals surface area contributed by atoms with Gasteiger partial charge in [0.25, 0.3) is 5.91 Å². The zero-order valence-electron chi connectivity index (χ0n) is 15.4. The Balaban J connectivity index is 1.89. The van der Waals surface area contributed by atoms with Crippen LogP contribution in [-0.2, 0) is 4.79 Å². The van der Waals surface area contributed by atoms with Crippen LogP contribution in [0.15, 0.2) is 72.8 Å². The summed E-state index contributed by atoms with van der Waals surface area (Å²) in [5, 5.41) is 2.80. The molecule has 0 unspecified atom stereocenters. The van der Waals surface area contributed by atoms with Crippen LogP contribution in [0.3, 0.4) is 0 Å². The third-order valence-corrected chi connectivity index (χ3v) is 4.85. The number of benzene rings is 3. The van der Waals surface area contributed by atoms with Crippen LogP contribution >= 0.6 is 0 Å². The molecule has 1 aliphatic rings. The van der Waals surface area contributed by atoms with E-state index in [-0.39, 0.29) is 18.4 Å². The van der Waals surface area contributed by atoms with Crippen molar-refractivity contribution in [1.82, 2.24) is 4.90 Å². The summed E-state index contributed by atoms with van der Waals surface area (Å²) in [6.45, 7) is 1.79. The first-order valence-corrected chi connectivity index (χ1v) is 9.05. The average molecular weight is 374 g/mol. The summed E-state index contributed by atoms with van der Waals surface area (Å²) in [5.74, 6) is -1.00. The molecule has 140 valence electrons. The van der Waals surface area contributed by atoms with E-state index in [1.165, 1.54) is 17.0 Å². The Morgan fingerprint density at radius 2 is 1.82 bits per heavy atom. The molecule has 3 aromatic rings. The second-order valence-electron chi connectivity index (χ2n) is 6.90. The van der Waals surface area contributed by atoms with E-state index >= 15 is 0 Å².